The molecule has 1 atom stereocenters. The van der Waals surface area contributed by atoms with Gasteiger partial charge >= 0.3 is 5.69 Å². The molecule has 0 fully saturated rings. The van der Waals surface area contributed by atoms with Gasteiger partial charge < -0.3 is 20.5 Å². The summed E-state index contributed by atoms with van der Waals surface area (Å²) in [6.45, 7) is -0.312. The van der Waals surface area contributed by atoms with Crippen LogP contribution in [0.3, 0.4) is 0 Å². The van der Waals surface area contributed by atoms with E-state index in [-0.39, 0.29) is 24.8 Å². The molecule has 10 heteroatoms. The van der Waals surface area contributed by atoms with Gasteiger partial charge in [0.15, 0.2) is 18.1 Å². The summed E-state index contributed by atoms with van der Waals surface area (Å²) in [5.74, 6) is -0.704. The van der Waals surface area contributed by atoms with Crippen LogP contribution in [0.4, 0.5) is 5.82 Å². The van der Waals surface area contributed by atoms with Crippen LogP contribution < -0.4 is 31.8 Å². The first-order valence-electron chi connectivity index (χ1n) is 8.43. The molecule has 0 radical (unpaired) electrons. The number of benzene rings is 1. The lowest BCUT2D eigenvalue weighted by Gasteiger charge is -2.27. The van der Waals surface area contributed by atoms with Crippen LogP contribution in [-0.2, 0) is 23.7 Å². The fraction of sp³-hybridized carbons (Fsp3) is 0.333. The number of hydrogen-bond donors (Lipinski definition) is 2. The molecule has 10 nitrogen and oxygen atoms in total. The highest BCUT2D eigenvalue weighted by molar-refractivity contribution is 5.94. The van der Waals surface area contributed by atoms with E-state index in [0.717, 1.165) is 4.57 Å². The third kappa shape index (κ3) is 3.24. The highest BCUT2D eigenvalue weighted by Gasteiger charge is 2.32. The number of methoxy groups -OCH3 is 1. The van der Waals surface area contributed by atoms with Crippen LogP contribution in [0, 0.1) is 0 Å². The number of amides is 2. The first-order chi connectivity index (χ1) is 13.2. The molecule has 0 spiro atoms. The van der Waals surface area contributed by atoms with Crippen molar-refractivity contribution in [1.29, 1.82) is 0 Å². The number of nitrogens with zero attached hydrogens (tertiary/aromatic N) is 2. The molecular formula is C18H20N4O6. The van der Waals surface area contributed by atoms with E-state index in [0.29, 0.717) is 22.6 Å². The van der Waals surface area contributed by atoms with Gasteiger partial charge in [-0.05, 0) is 17.7 Å². The van der Waals surface area contributed by atoms with Crippen molar-refractivity contribution < 1.29 is 19.1 Å². The molecule has 0 saturated carbocycles. The van der Waals surface area contributed by atoms with Crippen LogP contribution in [0.25, 0.3) is 0 Å². The van der Waals surface area contributed by atoms with E-state index in [1.54, 1.807) is 18.2 Å². The van der Waals surface area contributed by atoms with Crippen LogP contribution in [0.2, 0.25) is 0 Å². The number of aromatic nitrogens is 2. The number of nitrogens with two attached hydrogens (primary N) is 1. The maximum atomic E-state index is 12.8. The monoisotopic (exact) mass is 388 g/mol. The zero-order valence-corrected chi connectivity index (χ0v) is 15.6. The normalized spacial score (nSPS) is 15.5. The van der Waals surface area contributed by atoms with Crippen LogP contribution in [-0.4, -0.2) is 34.7 Å². The zero-order valence-electron chi connectivity index (χ0n) is 15.6. The van der Waals surface area contributed by atoms with Gasteiger partial charge in [0.2, 0.25) is 5.91 Å². The number of anilines is 1. The topological polar surface area (TPSA) is 135 Å². The van der Waals surface area contributed by atoms with Gasteiger partial charge in [0, 0.05) is 26.4 Å². The number of rotatable bonds is 5. The molecule has 3 N–H and O–H groups in total. The minimum atomic E-state index is -0.631. The minimum absolute atomic E-state index is 0.0328. The summed E-state index contributed by atoms with van der Waals surface area (Å²) in [4.78, 5) is 48.1. The van der Waals surface area contributed by atoms with E-state index in [4.69, 9.17) is 15.2 Å². The lowest BCUT2D eigenvalue weighted by atomic mass is 9.86. The number of carbonyl (C=O) groups excluding carboxylic acids is 2. The predicted octanol–water partition coefficient (Wildman–Crippen LogP) is -0.569. The molecular weight excluding hydrogens is 368 g/mol. The lowest BCUT2D eigenvalue weighted by Crippen LogP contribution is -2.44. The molecule has 148 valence electrons. The molecule has 2 aromatic rings. The second kappa shape index (κ2) is 7.22. The average molecular weight is 388 g/mol. The van der Waals surface area contributed by atoms with Gasteiger partial charge in [0.05, 0.1) is 12.7 Å². The van der Waals surface area contributed by atoms with Crippen LogP contribution in [0.15, 0.2) is 27.8 Å². The Balaban J connectivity index is 2.13. The van der Waals surface area contributed by atoms with Gasteiger partial charge in [-0.1, -0.05) is 6.07 Å². The first-order valence-corrected chi connectivity index (χ1v) is 8.43. The Labute approximate surface area is 159 Å². The van der Waals surface area contributed by atoms with Crippen molar-refractivity contribution in [2.24, 2.45) is 19.8 Å². The SMILES string of the molecule is COc1cc(C2CC(=O)Nc3c2c(=O)n(C)c(=O)n3C)ccc1OCC(N)=O. The molecule has 28 heavy (non-hydrogen) atoms. The van der Waals surface area contributed by atoms with Crippen molar-refractivity contribution >= 4 is 17.6 Å². The Morgan fingerprint density at radius 2 is 1.93 bits per heavy atom. The van der Waals surface area contributed by atoms with E-state index in [1.807, 2.05) is 0 Å². The Morgan fingerprint density at radius 1 is 1.21 bits per heavy atom. The van der Waals surface area contributed by atoms with Gasteiger partial charge in [-0.2, -0.15) is 0 Å². The fourth-order valence-electron chi connectivity index (χ4n) is 3.26. The van der Waals surface area contributed by atoms with Gasteiger partial charge in [-0.15, -0.1) is 0 Å². The van der Waals surface area contributed by atoms with E-state index in [9.17, 15) is 19.2 Å². The number of nitrogens with one attached hydrogen (secondary N) is 1. The lowest BCUT2D eigenvalue weighted by molar-refractivity contribution is -0.120. The van der Waals surface area contributed by atoms with Gasteiger partial charge in [-0.3, -0.25) is 23.5 Å². The Hall–Kier alpha value is -3.56. The van der Waals surface area contributed by atoms with E-state index in [2.05, 4.69) is 5.32 Å². The molecule has 3 rings (SSSR count). The standard InChI is InChI=1S/C18H20N4O6/c1-21-16-15(17(25)22(2)18(21)26)10(7-14(24)20-16)9-4-5-11(12(6-9)27-3)28-8-13(19)23/h4-6,10H,7-8H2,1-3H3,(H2,19,23)(H,20,24). The predicted molar refractivity (Wildman–Crippen MR) is 99.7 cm³/mol. The van der Waals surface area contributed by atoms with Gasteiger partial charge in [-0.25, -0.2) is 4.79 Å². The molecule has 2 heterocycles. The second-order valence-electron chi connectivity index (χ2n) is 6.44. The van der Waals surface area contributed by atoms with Crippen molar-refractivity contribution in [1.82, 2.24) is 9.13 Å². The smallest absolute Gasteiger partial charge is 0.332 e. The largest absolute Gasteiger partial charge is 0.493 e. The van der Waals surface area contributed by atoms with Crippen LogP contribution in [0.1, 0.15) is 23.5 Å². The summed E-state index contributed by atoms with van der Waals surface area (Å²) in [7, 11) is 4.31. The molecule has 0 saturated heterocycles. The maximum absolute atomic E-state index is 12.8. The van der Waals surface area contributed by atoms with E-state index < -0.39 is 23.1 Å². The second-order valence-corrected chi connectivity index (χ2v) is 6.44. The number of ether oxygens (including phenoxy) is 2. The van der Waals surface area contributed by atoms with Gasteiger partial charge in [0.25, 0.3) is 11.5 Å². The average Bonchev–Trinajstić information content (AvgIpc) is 2.68. The zero-order chi connectivity index (χ0) is 20.6. The quantitative estimate of drug-likeness (QED) is 0.704. The van der Waals surface area contributed by atoms with Crippen molar-refractivity contribution in [3.05, 3.63) is 50.2 Å². The molecule has 2 amide bonds. The Morgan fingerprint density at radius 3 is 2.57 bits per heavy atom. The van der Waals surface area contributed by atoms with Crippen molar-refractivity contribution in [2.75, 3.05) is 19.0 Å². The number of hydrogen-bond acceptors (Lipinski definition) is 6. The number of fused-ring (bicyclic) bond motifs is 1. The third-order valence-corrected chi connectivity index (χ3v) is 4.66. The Kier molecular flexibility index (Phi) is 4.95. The fourth-order valence-corrected chi connectivity index (χ4v) is 3.26. The van der Waals surface area contributed by atoms with Crippen molar-refractivity contribution in [3.63, 3.8) is 0 Å². The third-order valence-electron chi connectivity index (χ3n) is 4.66. The highest BCUT2D eigenvalue weighted by Crippen LogP contribution is 2.38. The molecule has 0 bridgehead atoms. The Bertz CT molecular complexity index is 1080. The van der Waals surface area contributed by atoms with Crippen LogP contribution >= 0.6 is 0 Å². The number of carbonyl (C=O) groups is 2. The van der Waals surface area contributed by atoms with E-state index in [1.165, 1.54) is 25.8 Å². The summed E-state index contributed by atoms with van der Waals surface area (Å²) in [6.07, 6.45) is 0.0328. The van der Waals surface area contributed by atoms with Crippen LogP contribution in [0.5, 0.6) is 11.5 Å². The highest BCUT2D eigenvalue weighted by atomic mass is 16.5. The first kappa shape index (κ1) is 19.2. The maximum Gasteiger partial charge on any atom is 0.332 e. The molecule has 1 aliphatic rings. The number of primary amides is 1. The molecule has 1 aromatic carbocycles. The molecule has 1 aliphatic heterocycles. The summed E-state index contributed by atoms with van der Waals surface area (Å²) in [5, 5.41) is 2.61. The van der Waals surface area contributed by atoms with E-state index >= 15 is 0 Å². The van der Waals surface area contributed by atoms with Crippen molar-refractivity contribution in [3.8, 4) is 11.5 Å². The minimum Gasteiger partial charge on any atom is -0.493 e. The molecule has 1 unspecified atom stereocenters. The summed E-state index contributed by atoms with van der Waals surface area (Å²) in [5.41, 5.74) is 5.04. The molecule has 0 aliphatic carbocycles. The summed E-state index contributed by atoms with van der Waals surface area (Å²) < 4.78 is 12.9. The molecule has 1 aromatic heterocycles. The van der Waals surface area contributed by atoms with Crippen molar-refractivity contribution in [2.45, 2.75) is 12.3 Å². The summed E-state index contributed by atoms with van der Waals surface area (Å²) >= 11 is 0. The van der Waals surface area contributed by atoms with Gasteiger partial charge in [0.1, 0.15) is 5.82 Å². The summed E-state index contributed by atoms with van der Waals surface area (Å²) in [6, 6.07) is 4.89.